The third-order valence-electron chi connectivity index (χ3n) is 3.90. The molecule has 1 aliphatic heterocycles. The van der Waals surface area contributed by atoms with E-state index in [-0.39, 0.29) is 23.7 Å². The lowest BCUT2D eigenvalue weighted by molar-refractivity contribution is -0.138. The molecular formula is C18H23N3O2. The molecule has 0 radical (unpaired) electrons. The maximum atomic E-state index is 12.6. The average Bonchev–Trinajstić information content (AvgIpc) is 2.49. The number of aryl methyl sites for hydroxylation is 2. The Morgan fingerprint density at radius 3 is 2.39 bits per heavy atom. The monoisotopic (exact) mass is 313 g/mol. The first-order valence-electron chi connectivity index (χ1n) is 7.80. The molecule has 1 fully saturated rings. The number of carbonyl (C=O) groups excluding carboxylic acids is 1. The fraction of sp³-hybridized carbons (Fsp3) is 0.444. The summed E-state index contributed by atoms with van der Waals surface area (Å²) in [6.07, 6.45) is 1.46. The summed E-state index contributed by atoms with van der Waals surface area (Å²) < 4.78 is 5.63. The van der Waals surface area contributed by atoms with Crippen molar-refractivity contribution in [1.82, 2.24) is 4.90 Å². The summed E-state index contributed by atoms with van der Waals surface area (Å²) in [5.74, 6) is -0.256. The second-order valence-corrected chi connectivity index (χ2v) is 6.05. The van der Waals surface area contributed by atoms with Gasteiger partial charge in [0.25, 0.3) is 5.91 Å². The second kappa shape index (κ2) is 7.30. The molecule has 1 aromatic rings. The Kier molecular flexibility index (Phi) is 5.41. The highest BCUT2D eigenvalue weighted by molar-refractivity contribution is 5.97. The van der Waals surface area contributed by atoms with Crippen LogP contribution in [0.4, 0.5) is 5.69 Å². The Morgan fingerprint density at radius 2 is 1.87 bits per heavy atom. The number of amides is 1. The Morgan fingerprint density at radius 1 is 1.30 bits per heavy atom. The molecule has 2 atom stereocenters. The Labute approximate surface area is 137 Å². The van der Waals surface area contributed by atoms with Gasteiger partial charge in [0.2, 0.25) is 0 Å². The van der Waals surface area contributed by atoms with Crippen molar-refractivity contribution in [2.75, 3.05) is 18.4 Å². The van der Waals surface area contributed by atoms with Crippen LogP contribution < -0.4 is 5.32 Å². The maximum absolute atomic E-state index is 12.6. The van der Waals surface area contributed by atoms with Crippen molar-refractivity contribution in [3.8, 4) is 6.07 Å². The zero-order chi connectivity index (χ0) is 17.0. The molecule has 0 saturated carbocycles. The maximum Gasteiger partial charge on any atom is 0.266 e. The molecule has 1 aliphatic rings. The zero-order valence-electron chi connectivity index (χ0n) is 14.1. The quantitative estimate of drug-likeness (QED) is 0.688. The van der Waals surface area contributed by atoms with Gasteiger partial charge in [0.1, 0.15) is 11.6 Å². The van der Waals surface area contributed by atoms with Crippen molar-refractivity contribution in [3.05, 3.63) is 41.1 Å². The van der Waals surface area contributed by atoms with Gasteiger partial charge < -0.3 is 15.0 Å². The number of morpholine rings is 1. The molecule has 0 aromatic heterocycles. The summed E-state index contributed by atoms with van der Waals surface area (Å²) >= 11 is 0. The lowest BCUT2D eigenvalue weighted by Crippen LogP contribution is -2.48. The van der Waals surface area contributed by atoms with E-state index >= 15 is 0 Å². The van der Waals surface area contributed by atoms with Crippen LogP contribution in [-0.2, 0) is 9.53 Å². The number of ether oxygens (including phenoxy) is 1. The first-order valence-corrected chi connectivity index (χ1v) is 7.80. The third-order valence-corrected chi connectivity index (χ3v) is 3.90. The van der Waals surface area contributed by atoms with E-state index < -0.39 is 0 Å². The smallest absolute Gasteiger partial charge is 0.266 e. The van der Waals surface area contributed by atoms with Gasteiger partial charge in [-0.25, -0.2) is 0 Å². The molecule has 2 rings (SSSR count). The van der Waals surface area contributed by atoms with Crippen molar-refractivity contribution < 1.29 is 9.53 Å². The molecule has 0 spiro atoms. The standard InChI is InChI=1S/C18H23N3O2/c1-12-6-5-7-13(2)17(12)20-9-16(8-19)18(22)21-10-14(3)23-15(4)11-21/h5-7,9,14-15,20H,10-11H2,1-4H3/b16-9-. The molecule has 0 bridgehead atoms. The number of benzene rings is 1. The van der Waals surface area contributed by atoms with Gasteiger partial charge in [0, 0.05) is 25.0 Å². The van der Waals surface area contributed by atoms with E-state index in [1.54, 1.807) is 4.90 Å². The van der Waals surface area contributed by atoms with Crippen molar-refractivity contribution >= 4 is 11.6 Å². The van der Waals surface area contributed by atoms with Gasteiger partial charge in [-0.3, -0.25) is 4.79 Å². The van der Waals surface area contributed by atoms with Crippen LogP contribution in [0.1, 0.15) is 25.0 Å². The predicted octanol–water partition coefficient (Wildman–Crippen LogP) is 2.76. The molecule has 1 aromatic carbocycles. The fourth-order valence-corrected chi connectivity index (χ4v) is 2.84. The highest BCUT2D eigenvalue weighted by Gasteiger charge is 2.27. The molecule has 1 heterocycles. The van der Waals surface area contributed by atoms with Crippen LogP contribution in [0.15, 0.2) is 30.0 Å². The summed E-state index contributed by atoms with van der Waals surface area (Å²) in [5, 5.41) is 12.4. The minimum atomic E-state index is -0.256. The van der Waals surface area contributed by atoms with E-state index in [0.717, 1.165) is 16.8 Å². The van der Waals surface area contributed by atoms with Gasteiger partial charge in [0.15, 0.2) is 0 Å². The second-order valence-electron chi connectivity index (χ2n) is 6.05. The van der Waals surface area contributed by atoms with Crippen LogP contribution in [0.5, 0.6) is 0 Å². The Hall–Kier alpha value is -2.32. The minimum Gasteiger partial charge on any atom is -0.372 e. The average molecular weight is 313 g/mol. The number of carbonyl (C=O) groups is 1. The summed E-state index contributed by atoms with van der Waals surface area (Å²) in [5.41, 5.74) is 3.17. The molecule has 2 unspecified atom stereocenters. The molecule has 122 valence electrons. The van der Waals surface area contributed by atoms with Crippen LogP contribution in [-0.4, -0.2) is 36.1 Å². The molecule has 0 aliphatic carbocycles. The molecule has 23 heavy (non-hydrogen) atoms. The van der Waals surface area contributed by atoms with Crippen LogP contribution in [0.3, 0.4) is 0 Å². The number of hydrogen-bond donors (Lipinski definition) is 1. The van der Waals surface area contributed by atoms with Crippen LogP contribution >= 0.6 is 0 Å². The van der Waals surface area contributed by atoms with Gasteiger partial charge in [-0.2, -0.15) is 5.26 Å². The minimum absolute atomic E-state index is 0.0192. The first kappa shape index (κ1) is 17.0. The number of nitrogens with zero attached hydrogens (tertiary/aromatic N) is 2. The molecule has 1 N–H and O–H groups in total. The van der Waals surface area contributed by atoms with Crippen LogP contribution in [0.2, 0.25) is 0 Å². The summed E-state index contributed by atoms with van der Waals surface area (Å²) in [6.45, 7) is 8.85. The normalized spacial score (nSPS) is 21.7. The Bertz CT molecular complexity index is 630. The van der Waals surface area contributed by atoms with E-state index in [2.05, 4.69) is 5.32 Å². The number of nitrogens with one attached hydrogen (secondary N) is 1. The lowest BCUT2D eigenvalue weighted by atomic mass is 10.1. The van der Waals surface area contributed by atoms with Gasteiger partial charge >= 0.3 is 0 Å². The van der Waals surface area contributed by atoms with E-state index in [0.29, 0.717) is 13.1 Å². The van der Waals surface area contributed by atoms with Gasteiger partial charge in [-0.1, -0.05) is 18.2 Å². The molecule has 5 nitrogen and oxygen atoms in total. The molecular weight excluding hydrogens is 290 g/mol. The van der Waals surface area contributed by atoms with Crippen molar-refractivity contribution in [3.63, 3.8) is 0 Å². The van der Waals surface area contributed by atoms with Crippen molar-refractivity contribution in [2.45, 2.75) is 39.9 Å². The Balaban J connectivity index is 2.16. The largest absolute Gasteiger partial charge is 0.372 e. The van der Waals surface area contributed by atoms with Gasteiger partial charge in [-0.15, -0.1) is 0 Å². The number of rotatable bonds is 3. The SMILES string of the molecule is Cc1cccc(C)c1N/C=C(/C#N)C(=O)N1CC(C)OC(C)C1. The topological polar surface area (TPSA) is 65.4 Å². The van der Waals surface area contributed by atoms with E-state index in [1.807, 2.05) is 52.0 Å². The first-order chi connectivity index (χ1) is 10.9. The van der Waals surface area contributed by atoms with E-state index in [4.69, 9.17) is 4.74 Å². The van der Waals surface area contributed by atoms with Crippen molar-refractivity contribution in [1.29, 1.82) is 5.26 Å². The third kappa shape index (κ3) is 4.11. The van der Waals surface area contributed by atoms with Gasteiger partial charge in [-0.05, 0) is 38.8 Å². The number of nitriles is 1. The fourth-order valence-electron chi connectivity index (χ4n) is 2.84. The van der Waals surface area contributed by atoms with Crippen LogP contribution in [0.25, 0.3) is 0 Å². The van der Waals surface area contributed by atoms with E-state index in [1.165, 1.54) is 6.20 Å². The zero-order valence-corrected chi connectivity index (χ0v) is 14.1. The summed E-state index contributed by atoms with van der Waals surface area (Å²) in [6, 6.07) is 7.96. The summed E-state index contributed by atoms with van der Waals surface area (Å²) in [4.78, 5) is 14.2. The molecule has 5 heteroatoms. The molecule has 1 saturated heterocycles. The highest BCUT2D eigenvalue weighted by Crippen LogP contribution is 2.20. The lowest BCUT2D eigenvalue weighted by Gasteiger charge is -2.35. The van der Waals surface area contributed by atoms with Crippen molar-refractivity contribution in [2.24, 2.45) is 0 Å². The highest BCUT2D eigenvalue weighted by atomic mass is 16.5. The molecule has 1 amide bonds. The van der Waals surface area contributed by atoms with Gasteiger partial charge in [0.05, 0.1) is 12.2 Å². The number of hydrogen-bond acceptors (Lipinski definition) is 4. The van der Waals surface area contributed by atoms with E-state index in [9.17, 15) is 10.1 Å². The van der Waals surface area contributed by atoms with Crippen LogP contribution in [0, 0.1) is 25.2 Å². The number of para-hydroxylation sites is 1. The summed E-state index contributed by atoms with van der Waals surface area (Å²) in [7, 11) is 0. The predicted molar refractivity (Wildman–Crippen MR) is 89.8 cm³/mol. The number of anilines is 1.